The normalized spacial score (nSPS) is 10.1. The Labute approximate surface area is 167 Å². The van der Waals surface area contributed by atoms with Crippen LogP contribution in [0.15, 0.2) is 78.9 Å². The topological polar surface area (TPSA) is 113 Å². The average molecular weight is 388 g/mol. The molecule has 0 aliphatic rings. The van der Waals surface area contributed by atoms with Crippen LogP contribution in [0.3, 0.4) is 0 Å². The van der Waals surface area contributed by atoms with Crippen LogP contribution in [0.5, 0.6) is 0 Å². The molecule has 0 aliphatic carbocycles. The van der Waals surface area contributed by atoms with Crippen molar-refractivity contribution in [1.29, 1.82) is 0 Å². The summed E-state index contributed by atoms with van der Waals surface area (Å²) in [5.41, 5.74) is 8.11. The van der Waals surface area contributed by atoms with Gasteiger partial charge in [-0.25, -0.2) is 4.79 Å². The second-order valence-electron chi connectivity index (χ2n) is 6.27. The lowest BCUT2D eigenvalue weighted by molar-refractivity contribution is 0.0950. The maximum absolute atomic E-state index is 12.3. The first-order valence-electron chi connectivity index (χ1n) is 8.91. The molecule has 3 rings (SSSR count). The van der Waals surface area contributed by atoms with E-state index in [-0.39, 0.29) is 18.5 Å². The Morgan fingerprint density at radius 1 is 0.724 bits per heavy atom. The minimum Gasteiger partial charge on any atom is -0.366 e. The highest BCUT2D eigenvalue weighted by Crippen LogP contribution is 2.12. The SMILES string of the molecule is NC(=O)c1cccc(CNC(=O)c2ccc(NC(=O)Nc3ccccc3)cc2)c1. The third kappa shape index (κ3) is 5.67. The van der Waals surface area contributed by atoms with E-state index in [0.29, 0.717) is 22.5 Å². The van der Waals surface area contributed by atoms with E-state index < -0.39 is 5.91 Å². The van der Waals surface area contributed by atoms with Gasteiger partial charge in [0, 0.05) is 29.0 Å². The summed E-state index contributed by atoms with van der Waals surface area (Å²) < 4.78 is 0. The Kier molecular flexibility index (Phi) is 6.22. The van der Waals surface area contributed by atoms with Gasteiger partial charge in [0.2, 0.25) is 5.91 Å². The maximum Gasteiger partial charge on any atom is 0.323 e. The summed E-state index contributed by atoms with van der Waals surface area (Å²) in [4.78, 5) is 35.5. The van der Waals surface area contributed by atoms with Gasteiger partial charge in [-0.05, 0) is 54.1 Å². The van der Waals surface area contributed by atoms with Crippen LogP contribution in [0.2, 0.25) is 0 Å². The monoisotopic (exact) mass is 388 g/mol. The van der Waals surface area contributed by atoms with Gasteiger partial charge in [-0.3, -0.25) is 9.59 Å². The van der Waals surface area contributed by atoms with Gasteiger partial charge in [-0.2, -0.15) is 0 Å². The predicted octanol–water partition coefficient (Wildman–Crippen LogP) is 3.36. The first kappa shape index (κ1) is 19.6. The number of carbonyl (C=O) groups excluding carboxylic acids is 3. The smallest absolute Gasteiger partial charge is 0.323 e. The molecule has 3 aromatic rings. The molecule has 3 aromatic carbocycles. The number of amides is 4. The largest absolute Gasteiger partial charge is 0.366 e. The van der Waals surface area contributed by atoms with Crippen LogP contribution in [0.1, 0.15) is 26.3 Å². The van der Waals surface area contributed by atoms with E-state index in [1.165, 1.54) is 0 Å². The number of hydrogen-bond acceptors (Lipinski definition) is 3. The number of benzene rings is 3. The number of nitrogens with one attached hydrogen (secondary N) is 3. The molecule has 0 saturated carbocycles. The lowest BCUT2D eigenvalue weighted by Crippen LogP contribution is -2.23. The number of para-hydroxylation sites is 1. The van der Waals surface area contributed by atoms with Gasteiger partial charge in [-0.15, -0.1) is 0 Å². The van der Waals surface area contributed by atoms with E-state index in [2.05, 4.69) is 16.0 Å². The highest BCUT2D eigenvalue weighted by molar-refractivity contribution is 6.00. The summed E-state index contributed by atoms with van der Waals surface area (Å²) in [5, 5.41) is 8.21. The molecule has 0 spiro atoms. The Morgan fingerprint density at radius 3 is 2.03 bits per heavy atom. The van der Waals surface area contributed by atoms with Crippen LogP contribution in [-0.4, -0.2) is 17.8 Å². The van der Waals surface area contributed by atoms with E-state index >= 15 is 0 Å². The second-order valence-corrected chi connectivity index (χ2v) is 6.27. The molecule has 0 atom stereocenters. The molecule has 7 heteroatoms. The maximum atomic E-state index is 12.3. The highest BCUT2D eigenvalue weighted by Gasteiger charge is 2.08. The first-order chi connectivity index (χ1) is 14.0. The molecule has 0 saturated heterocycles. The molecule has 29 heavy (non-hydrogen) atoms. The molecule has 0 unspecified atom stereocenters. The molecule has 0 aliphatic heterocycles. The van der Waals surface area contributed by atoms with Gasteiger partial charge in [0.05, 0.1) is 0 Å². The van der Waals surface area contributed by atoms with Gasteiger partial charge in [-0.1, -0.05) is 30.3 Å². The van der Waals surface area contributed by atoms with E-state index in [1.54, 1.807) is 60.7 Å². The van der Waals surface area contributed by atoms with Crippen molar-refractivity contribution in [2.75, 3.05) is 10.6 Å². The standard InChI is InChI=1S/C22H20N4O3/c23-20(27)17-6-4-5-15(13-17)14-24-21(28)16-9-11-19(12-10-16)26-22(29)25-18-7-2-1-3-8-18/h1-13H,14H2,(H2,23,27)(H,24,28)(H2,25,26,29). The average Bonchev–Trinajstić information content (AvgIpc) is 2.73. The summed E-state index contributed by atoms with van der Waals surface area (Å²) >= 11 is 0. The molecule has 4 amide bonds. The quantitative estimate of drug-likeness (QED) is 0.519. The van der Waals surface area contributed by atoms with Crippen LogP contribution in [0.4, 0.5) is 16.2 Å². The molecule has 0 radical (unpaired) electrons. The summed E-state index contributed by atoms with van der Waals surface area (Å²) in [5.74, 6) is -0.785. The fourth-order valence-electron chi connectivity index (χ4n) is 2.64. The number of urea groups is 1. The number of rotatable bonds is 6. The number of nitrogens with two attached hydrogens (primary N) is 1. The van der Waals surface area contributed by atoms with Crippen molar-refractivity contribution in [3.8, 4) is 0 Å². The van der Waals surface area contributed by atoms with Gasteiger partial charge >= 0.3 is 6.03 Å². The van der Waals surface area contributed by atoms with Crippen LogP contribution >= 0.6 is 0 Å². The molecule has 0 heterocycles. The van der Waals surface area contributed by atoms with Crippen molar-refractivity contribution < 1.29 is 14.4 Å². The lowest BCUT2D eigenvalue weighted by Gasteiger charge is -2.09. The van der Waals surface area contributed by atoms with Gasteiger partial charge in [0.25, 0.3) is 5.91 Å². The van der Waals surface area contributed by atoms with Crippen LogP contribution in [0, 0.1) is 0 Å². The van der Waals surface area contributed by atoms with E-state index in [0.717, 1.165) is 5.56 Å². The summed E-state index contributed by atoms with van der Waals surface area (Å²) in [6.45, 7) is 0.263. The Morgan fingerprint density at radius 2 is 1.38 bits per heavy atom. The highest BCUT2D eigenvalue weighted by atomic mass is 16.2. The fraction of sp³-hybridized carbons (Fsp3) is 0.0455. The molecular formula is C22H20N4O3. The third-order valence-corrected chi connectivity index (χ3v) is 4.10. The molecule has 5 N–H and O–H groups in total. The molecule has 146 valence electrons. The van der Waals surface area contributed by atoms with Crippen molar-refractivity contribution in [3.05, 3.63) is 95.6 Å². The van der Waals surface area contributed by atoms with Crippen molar-refractivity contribution in [3.63, 3.8) is 0 Å². The predicted molar refractivity (Wildman–Crippen MR) is 112 cm³/mol. The zero-order chi connectivity index (χ0) is 20.6. The summed E-state index contributed by atoms with van der Waals surface area (Å²) in [6, 6.07) is 22.0. The van der Waals surface area contributed by atoms with E-state index in [1.807, 2.05) is 18.2 Å². The fourth-order valence-corrected chi connectivity index (χ4v) is 2.64. The third-order valence-electron chi connectivity index (χ3n) is 4.10. The Bertz CT molecular complexity index is 1020. The molecule has 0 aromatic heterocycles. The lowest BCUT2D eigenvalue weighted by atomic mass is 10.1. The van der Waals surface area contributed by atoms with Crippen LogP contribution in [-0.2, 0) is 6.54 Å². The first-order valence-corrected chi connectivity index (χ1v) is 8.91. The van der Waals surface area contributed by atoms with Crippen LogP contribution < -0.4 is 21.7 Å². The van der Waals surface area contributed by atoms with E-state index in [4.69, 9.17) is 5.73 Å². The molecule has 0 fully saturated rings. The Hall–Kier alpha value is -4.13. The number of hydrogen-bond donors (Lipinski definition) is 4. The van der Waals surface area contributed by atoms with Gasteiger partial charge in [0.15, 0.2) is 0 Å². The number of anilines is 2. The van der Waals surface area contributed by atoms with Gasteiger partial charge < -0.3 is 21.7 Å². The zero-order valence-electron chi connectivity index (χ0n) is 15.5. The van der Waals surface area contributed by atoms with Crippen molar-refractivity contribution >= 4 is 29.2 Å². The number of primary amides is 1. The van der Waals surface area contributed by atoms with Crippen molar-refractivity contribution in [2.24, 2.45) is 5.73 Å². The van der Waals surface area contributed by atoms with Gasteiger partial charge in [0.1, 0.15) is 0 Å². The summed E-state index contributed by atoms with van der Waals surface area (Å²) in [7, 11) is 0. The Balaban J connectivity index is 1.54. The molecule has 7 nitrogen and oxygen atoms in total. The van der Waals surface area contributed by atoms with E-state index in [9.17, 15) is 14.4 Å². The van der Waals surface area contributed by atoms with Crippen LogP contribution in [0.25, 0.3) is 0 Å². The molecule has 0 bridgehead atoms. The summed E-state index contributed by atoms with van der Waals surface area (Å²) in [6.07, 6.45) is 0. The van der Waals surface area contributed by atoms with Crippen molar-refractivity contribution in [2.45, 2.75) is 6.54 Å². The minimum atomic E-state index is -0.516. The zero-order valence-corrected chi connectivity index (χ0v) is 15.5. The second kappa shape index (κ2) is 9.18. The molecular weight excluding hydrogens is 368 g/mol. The minimum absolute atomic E-state index is 0.263. The number of carbonyl (C=O) groups is 3. The van der Waals surface area contributed by atoms with Crippen molar-refractivity contribution in [1.82, 2.24) is 5.32 Å².